The van der Waals surface area contributed by atoms with Crippen LogP contribution in [-0.4, -0.2) is 44.0 Å². The van der Waals surface area contributed by atoms with Crippen LogP contribution in [0, 0.1) is 0 Å². The van der Waals surface area contributed by atoms with E-state index in [-0.39, 0.29) is 23.6 Å². The van der Waals surface area contributed by atoms with Gasteiger partial charge in [-0.05, 0) is 32.8 Å². The highest BCUT2D eigenvalue weighted by Crippen LogP contribution is 2.34. The van der Waals surface area contributed by atoms with Crippen molar-refractivity contribution in [3.63, 3.8) is 0 Å². The maximum absolute atomic E-state index is 13.0. The summed E-state index contributed by atoms with van der Waals surface area (Å²) in [5.74, 6) is -0.0187. The lowest BCUT2D eigenvalue weighted by molar-refractivity contribution is -0.130. The molecule has 5 rings (SSSR count). The van der Waals surface area contributed by atoms with E-state index >= 15 is 0 Å². The van der Waals surface area contributed by atoms with E-state index in [1.54, 1.807) is 0 Å². The number of rotatable bonds is 2. The van der Waals surface area contributed by atoms with Crippen molar-refractivity contribution in [2.45, 2.75) is 51.9 Å². The van der Waals surface area contributed by atoms with Gasteiger partial charge in [0.25, 0.3) is 5.56 Å². The third-order valence-corrected chi connectivity index (χ3v) is 6.66. The second-order valence-corrected chi connectivity index (χ2v) is 9.22. The SMILES string of the molecule is CC1(C)Cc2nc3sc4c(=O)n(CC(=O)N5CCCC5)cnc4c3cc2CO1. The Kier molecular flexibility index (Phi) is 4.03. The number of carbonyl (C=O) groups is 1. The van der Waals surface area contributed by atoms with Crippen LogP contribution in [0.1, 0.15) is 37.9 Å². The summed E-state index contributed by atoms with van der Waals surface area (Å²) in [5, 5.41) is 0.886. The van der Waals surface area contributed by atoms with E-state index in [9.17, 15) is 9.59 Å². The first kappa shape index (κ1) is 17.8. The Hall–Kier alpha value is -2.32. The first-order valence-corrected chi connectivity index (χ1v) is 10.5. The average molecular weight is 398 g/mol. The van der Waals surface area contributed by atoms with Gasteiger partial charge in [-0.3, -0.25) is 14.2 Å². The molecule has 8 heteroatoms. The summed E-state index contributed by atoms with van der Waals surface area (Å²) in [6.07, 6.45) is 4.30. The summed E-state index contributed by atoms with van der Waals surface area (Å²) in [6, 6.07) is 2.05. The normalized spacial score (nSPS) is 18.7. The van der Waals surface area contributed by atoms with E-state index < -0.39 is 0 Å². The second-order valence-electron chi connectivity index (χ2n) is 8.22. The van der Waals surface area contributed by atoms with E-state index in [0.717, 1.165) is 53.8 Å². The number of aromatic nitrogens is 3. The standard InChI is InChI=1S/C20H22N4O3S/c1-20(2)8-14-12(10-27-20)7-13-16-17(28-18(13)22-14)19(26)24(11-21-16)9-15(25)23-5-3-4-6-23/h7,11H,3-6,8-10H2,1-2H3. The molecule has 1 amide bonds. The highest BCUT2D eigenvalue weighted by molar-refractivity contribution is 7.25. The number of ether oxygens (including phenoxy) is 1. The predicted octanol–water partition coefficient (Wildman–Crippen LogP) is 2.48. The van der Waals surface area contributed by atoms with E-state index in [2.05, 4.69) is 24.9 Å². The number of thiophene rings is 1. The molecule has 0 radical (unpaired) electrons. The molecule has 1 fully saturated rings. The topological polar surface area (TPSA) is 77.3 Å². The monoisotopic (exact) mass is 398 g/mol. The molecule has 0 atom stereocenters. The molecule has 0 unspecified atom stereocenters. The largest absolute Gasteiger partial charge is 0.370 e. The molecule has 2 aliphatic heterocycles. The molecule has 3 aromatic heterocycles. The summed E-state index contributed by atoms with van der Waals surface area (Å²) in [4.78, 5) is 37.4. The predicted molar refractivity (Wildman–Crippen MR) is 108 cm³/mol. The van der Waals surface area contributed by atoms with Gasteiger partial charge >= 0.3 is 0 Å². The number of likely N-dealkylation sites (tertiary alicyclic amines) is 1. The summed E-state index contributed by atoms with van der Waals surface area (Å²) in [7, 11) is 0. The zero-order chi connectivity index (χ0) is 19.5. The quantitative estimate of drug-likeness (QED) is 0.663. The Labute approximate surface area is 166 Å². The van der Waals surface area contributed by atoms with Gasteiger partial charge in [0.1, 0.15) is 16.1 Å². The van der Waals surface area contributed by atoms with Gasteiger partial charge in [0.2, 0.25) is 5.91 Å². The zero-order valence-corrected chi connectivity index (χ0v) is 16.8. The highest BCUT2D eigenvalue weighted by Gasteiger charge is 2.28. The fourth-order valence-electron chi connectivity index (χ4n) is 4.00. The fourth-order valence-corrected chi connectivity index (χ4v) is 5.08. The van der Waals surface area contributed by atoms with Gasteiger partial charge in [0.05, 0.1) is 29.7 Å². The molecule has 0 spiro atoms. The molecule has 28 heavy (non-hydrogen) atoms. The molecule has 2 aliphatic rings. The molecule has 0 aromatic carbocycles. The fraction of sp³-hybridized carbons (Fsp3) is 0.500. The Balaban J connectivity index is 1.56. The van der Waals surface area contributed by atoms with Crippen LogP contribution >= 0.6 is 11.3 Å². The minimum atomic E-state index is -0.231. The number of nitrogens with zero attached hydrogens (tertiary/aromatic N) is 4. The molecule has 5 heterocycles. The Bertz CT molecular complexity index is 1160. The summed E-state index contributed by atoms with van der Waals surface area (Å²) in [6.45, 7) is 6.24. The lowest BCUT2D eigenvalue weighted by Gasteiger charge is -2.30. The number of amides is 1. The minimum Gasteiger partial charge on any atom is -0.370 e. The van der Waals surface area contributed by atoms with E-state index in [4.69, 9.17) is 9.72 Å². The maximum Gasteiger partial charge on any atom is 0.271 e. The van der Waals surface area contributed by atoms with Crippen molar-refractivity contribution in [3.8, 4) is 0 Å². The lowest BCUT2D eigenvalue weighted by atomic mass is 9.95. The molecule has 0 bridgehead atoms. The number of hydrogen-bond acceptors (Lipinski definition) is 6. The number of fused-ring (bicyclic) bond motifs is 4. The van der Waals surface area contributed by atoms with Gasteiger partial charge in [-0.2, -0.15) is 0 Å². The van der Waals surface area contributed by atoms with Crippen molar-refractivity contribution in [2.24, 2.45) is 0 Å². The molecule has 0 saturated carbocycles. The van der Waals surface area contributed by atoms with Gasteiger partial charge in [0, 0.05) is 30.5 Å². The van der Waals surface area contributed by atoms with Gasteiger partial charge in [-0.1, -0.05) is 0 Å². The summed E-state index contributed by atoms with van der Waals surface area (Å²) >= 11 is 1.36. The Morgan fingerprint density at radius 2 is 2.11 bits per heavy atom. The van der Waals surface area contributed by atoms with Crippen LogP contribution in [0.2, 0.25) is 0 Å². The van der Waals surface area contributed by atoms with Crippen LogP contribution in [0.25, 0.3) is 20.4 Å². The number of hydrogen-bond donors (Lipinski definition) is 0. The lowest BCUT2D eigenvalue weighted by Crippen LogP contribution is -2.34. The molecule has 0 aliphatic carbocycles. The van der Waals surface area contributed by atoms with Gasteiger partial charge in [0.15, 0.2) is 0 Å². The Morgan fingerprint density at radius 3 is 2.89 bits per heavy atom. The van der Waals surface area contributed by atoms with Gasteiger partial charge in [-0.25, -0.2) is 9.97 Å². The van der Waals surface area contributed by atoms with Crippen LogP contribution in [0.15, 0.2) is 17.2 Å². The average Bonchev–Trinajstić information content (AvgIpc) is 3.30. The summed E-state index contributed by atoms with van der Waals surface area (Å²) < 4.78 is 7.88. The minimum absolute atomic E-state index is 0.0187. The first-order valence-electron chi connectivity index (χ1n) is 9.63. The molecular weight excluding hydrogens is 376 g/mol. The van der Waals surface area contributed by atoms with Crippen molar-refractivity contribution < 1.29 is 9.53 Å². The van der Waals surface area contributed by atoms with Gasteiger partial charge < -0.3 is 9.64 Å². The zero-order valence-electron chi connectivity index (χ0n) is 16.0. The van der Waals surface area contributed by atoms with Crippen molar-refractivity contribution in [1.82, 2.24) is 19.4 Å². The second kappa shape index (κ2) is 6.35. The molecule has 3 aromatic rings. The smallest absolute Gasteiger partial charge is 0.271 e. The molecular formula is C20H22N4O3S. The number of carbonyl (C=O) groups excluding carboxylic acids is 1. The third kappa shape index (κ3) is 2.91. The summed E-state index contributed by atoms with van der Waals surface area (Å²) in [5.41, 5.74) is 2.34. The van der Waals surface area contributed by atoms with E-state index in [0.29, 0.717) is 16.8 Å². The molecule has 0 N–H and O–H groups in total. The van der Waals surface area contributed by atoms with Crippen LogP contribution in [0.5, 0.6) is 0 Å². The first-order chi connectivity index (χ1) is 13.4. The van der Waals surface area contributed by atoms with Crippen molar-refractivity contribution in [3.05, 3.63) is 34.0 Å². The van der Waals surface area contributed by atoms with E-state index in [1.807, 2.05) is 4.90 Å². The van der Waals surface area contributed by atoms with Crippen LogP contribution in [0.4, 0.5) is 0 Å². The van der Waals surface area contributed by atoms with Crippen molar-refractivity contribution in [1.29, 1.82) is 0 Å². The van der Waals surface area contributed by atoms with Crippen LogP contribution < -0.4 is 5.56 Å². The molecule has 7 nitrogen and oxygen atoms in total. The molecule has 1 saturated heterocycles. The van der Waals surface area contributed by atoms with Crippen LogP contribution in [-0.2, 0) is 29.1 Å². The third-order valence-electron chi connectivity index (χ3n) is 5.58. The van der Waals surface area contributed by atoms with Crippen LogP contribution in [0.3, 0.4) is 0 Å². The molecule has 146 valence electrons. The van der Waals surface area contributed by atoms with Gasteiger partial charge in [-0.15, -0.1) is 11.3 Å². The maximum atomic E-state index is 13.0. The Morgan fingerprint density at radius 1 is 1.32 bits per heavy atom. The van der Waals surface area contributed by atoms with E-state index in [1.165, 1.54) is 22.2 Å². The number of pyridine rings is 1. The van der Waals surface area contributed by atoms with Crippen molar-refractivity contribution >= 4 is 37.7 Å². The van der Waals surface area contributed by atoms with Crippen molar-refractivity contribution in [2.75, 3.05) is 13.1 Å². The highest BCUT2D eigenvalue weighted by atomic mass is 32.1.